The average molecular weight is 644 g/mol. The number of halogens is 4. The average Bonchev–Trinajstić information content (AvgIpc) is 3.18. The van der Waals surface area contributed by atoms with E-state index >= 15 is 0 Å². The molecular weight excluding hydrogens is 630 g/mol. The quantitative estimate of drug-likeness (QED) is 0.135. The van der Waals surface area contributed by atoms with Crippen LogP contribution in [0.5, 0.6) is 5.75 Å². The molecule has 0 saturated heterocycles. The van der Waals surface area contributed by atoms with Crippen molar-refractivity contribution in [1.82, 2.24) is 5.43 Å². The molecule has 0 saturated carbocycles. The fraction of sp³-hybridized carbons (Fsp3) is 0.0435. The van der Waals surface area contributed by atoms with E-state index in [1.54, 1.807) is 24.3 Å². The van der Waals surface area contributed by atoms with Crippen LogP contribution in [0.2, 0.25) is 10.0 Å². The first-order chi connectivity index (χ1) is 15.4. The van der Waals surface area contributed by atoms with Crippen molar-refractivity contribution in [3.05, 3.63) is 95.6 Å². The second-order valence-corrected chi connectivity index (χ2v) is 9.70. The fourth-order valence-electron chi connectivity index (χ4n) is 2.87. The molecule has 0 fully saturated rings. The van der Waals surface area contributed by atoms with Crippen LogP contribution in [0.1, 0.15) is 21.7 Å². The van der Waals surface area contributed by atoms with Gasteiger partial charge in [0.1, 0.15) is 12.2 Å². The zero-order chi connectivity index (χ0) is 22.7. The van der Waals surface area contributed by atoms with E-state index in [1.807, 2.05) is 36.4 Å². The van der Waals surface area contributed by atoms with Crippen molar-refractivity contribution in [2.75, 3.05) is 0 Å². The number of benzene rings is 3. The Balaban J connectivity index is 1.41. The van der Waals surface area contributed by atoms with E-state index < -0.39 is 5.91 Å². The Hall–Kier alpha value is -2.07. The second-order valence-electron chi connectivity index (χ2n) is 6.72. The van der Waals surface area contributed by atoms with Gasteiger partial charge in [-0.1, -0.05) is 51.3 Å². The number of furan rings is 1. The summed E-state index contributed by atoms with van der Waals surface area (Å²) in [6.07, 6.45) is 1.44. The van der Waals surface area contributed by atoms with Crippen LogP contribution in [0.25, 0.3) is 11.0 Å². The molecule has 3 aromatic carbocycles. The van der Waals surface area contributed by atoms with Gasteiger partial charge in [0, 0.05) is 13.4 Å². The number of ether oxygens (including phenoxy) is 1. The van der Waals surface area contributed by atoms with Gasteiger partial charge in [-0.15, -0.1) is 0 Å². The lowest BCUT2D eigenvalue weighted by Crippen LogP contribution is -2.16. The molecule has 0 spiro atoms. The summed E-state index contributed by atoms with van der Waals surface area (Å²) >= 11 is 18.3. The van der Waals surface area contributed by atoms with E-state index in [2.05, 4.69) is 49.0 Å². The van der Waals surface area contributed by atoms with Gasteiger partial charge < -0.3 is 9.15 Å². The zero-order valence-electron chi connectivity index (χ0n) is 16.2. The van der Waals surface area contributed by atoms with Crippen LogP contribution >= 0.6 is 61.7 Å². The molecule has 0 unspecified atom stereocenters. The molecule has 4 aromatic rings. The molecule has 1 aromatic heterocycles. The van der Waals surface area contributed by atoms with Crippen molar-refractivity contribution >= 4 is 84.8 Å². The highest BCUT2D eigenvalue weighted by Crippen LogP contribution is 2.34. The number of amides is 1. The highest BCUT2D eigenvalue weighted by Gasteiger charge is 2.12. The molecule has 1 heterocycles. The minimum atomic E-state index is -0.469. The monoisotopic (exact) mass is 642 g/mol. The third kappa shape index (κ3) is 5.64. The van der Waals surface area contributed by atoms with Crippen molar-refractivity contribution in [2.24, 2.45) is 5.10 Å². The van der Waals surface area contributed by atoms with Crippen molar-refractivity contribution in [3.63, 3.8) is 0 Å². The summed E-state index contributed by atoms with van der Waals surface area (Å²) < 4.78 is 13.4. The number of hydrogen-bond acceptors (Lipinski definition) is 4. The van der Waals surface area contributed by atoms with Crippen LogP contribution < -0.4 is 10.2 Å². The van der Waals surface area contributed by atoms with Gasteiger partial charge in [-0.25, -0.2) is 5.43 Å². The summed E-state index contributed by atoms with van der Waals surface area (Å²) in [5.41, 5.74) is 4.66. The maximum absolute atomic E-state index is 12.3. The molecule has 162 valence electrons. The van der Waals surface area contributed by atoms with Crippen LogP contribution in [-0.2, 0) is 6.61 Å². The Kier molecular flexibility index (Phi) is 7.40. The third-order valence-corrected chi connectivity index (χ3v) is 6.17. The van der Waals surface area contributed by atoms with E-state index in [4.69, 9.17) is 32.4 Å². The molecular formula is C23H14BrCl2IN2O3. The van der Waals surface area contributed by atoms with E-state index in [0.29, 0.717) is 33.5 Å². The van der Waals surface area contributed by atoms with Crippen molar-refractivity contribution in [1.29, 1.82) is 0 Å². The highest BCUT2D eigenvalue weighted by atomic mass is 127. The molecule has 9 heteroatoms. The topological polar surface area (TPSA) is 63.8 Å². The maximum atomic E-state index is 12.3. The summed E-state index contributed by atoms with van der Waals surface area (Å²) in [5, 5.41) is 5.47. The smallest absolute Gasteiger partial charge is 0.307 e. The summed E-state index contributed by atoms with van der Waals surface area (Å²) in [6.45, 7) is 0.341. The molecule has 0 aliphatic heterocycles. The van der Waals surface area contributed by atoms with Crippen LogP contribution in [0.3, 0.4) is 0 Å². The number of fused-ring (bicyclic) bond motifs is 1. The molecule has 32 heavy (non-hydrogen) atoms. The number of carbonyl (C=O) groups is 1. The van der Waals surface area contributed by atoms with Gasteiger partial charge in [0.15, 0.2) is 11.5 Å². The summed E-state index contributed by atoms with van der Waals surface area (Å²) in [4.78, 5) is 12.3. The van der Waals surface area contributed by atoms with Gasteiger partial charge in [-0.05, 0) is 82.2 Å². The van der Waals surface area contributed by atoms with Gasteiger partial charge in [0.2, 0.25) is 0 Å². The van der Waals surface area contributed by atoms with Crippen molar-refractivity contribution < 1.29 is 13.9 Å². The fourth-order valence-corrected chi connectivity index (χ4v) is 4.23. The standard InChI is InChI=1S/C23H14BrCl2IN2O3/c24-16-3-6-20-15(9-16)10-21(32-20)23(30)29-28-11-14-7-18(25)22(19(26)8-14)31-12-13-1-4-17(27)5-2-13/h1-11H,12H2,(H,29,30)/b28-11+. The Labute approximate surface area is 216 Å². The molecule has 1 N–H and O–H groups in total. The number of hydrazone groups is 1. The van der Waals surface area contributed by atoms with E-state index in [1.165, 1.54) is 6.21 Å². The first-order valence-electron chi connectivity index (χ1n) is 9.28. The van der Waals surface area contributed by atoms with Crippen molar-refractivity contribution in [3.8, 4) is 5.75 Å². The number of carbonyl (C=O) groups excluding carboxylic acids is 1. The largest absolute Gasteiger partial charge is 0.486 e. The molecule has 4 rings (SSSR count). The molecule has 1 amide bonds. The second kappa shape index (κ2) is 10.2. The maximum Gasteiger partial charge on any atom is 0.307 e. The first kappa shape index (κ1) is 23.1. The third-order valence-electron chi connectivity index (χ3n) is 4.40. The van der Waals surface area contributed by atoms with Gasteiger partial charge in [-0.3, -0.25) is 4.79 Å². The van der Waals surface area contributed by atoms with Crippen molar-refractivity contribution in [2.45, 2.75) is 6.61 Å². The summed E-state index contributed by atoms with van der Waals surface area (Å²) in [6, 6.07) is 18.4. The van der Waals surface area contributed by atoms with Crippen LogP contribution in [-0.4, -0.2) is 12.1 Å². The predicted molar refractivity (Wildman–Crippen MR) is 139 cm³/mol. The zero-order valence-corrected chi connectivity index (χ0v) is 21.5. The Bertz CT molecular complexity index is 1300. The Morgan fingerprint density at radius 3 is 2.53 bits per heavy atom. The molecule has 0 atom stereocenters. The van der Waals surface area contributed by atoms with E-state index in [0.717, 1.165) is 19.0 Å². The molecule has 0 aliphatic carbocycles. The molecule has 5 nitrogen and oxygen atoms in total. The highest BCUT2D eigenvalue weighted by molar-refractivity contribution is 14.1. The van der Waals surface area contributed by atoms with Gasteiger partial charge in [-0.2, -0.15) is 5.10 Å². The summed E-state index contributed by atoms with van der Waals surface area (Å²) in [7, 11) is 0. The molecule has 0 bridgehead atoms. The van der Waals surface area contributed by atoms with E-state index in [9.17, 15) is 4.79 Å². The van der Waals surface area contributed by atoms with Gasteiger partial charge in [0.25, 0.3) is 0 Å². The molecule has 0 radical (unpaired) electrons. The molecule has 0 aliphatic rings. The normalized spacial score (nSPS) is 11.2. The predicted octanol–water partition coefficient (Wildman–Crippen LogP) is 7.45. The van der Waals surface area contributed by atoms with Gasteiger partial charge in [0.05, 0.1) is 16.3 Å². The van der Waals surface area contributed by atoms with Crippen LogP contribution in [0, 0.1) is 3.57 Å². The lowest BCUT2D eigenvalue weighted by atomic mass is 10.2. The lowest BCUT2D eigenvalue weighted by Gasteiger charge is -2.11. The van der Waals surface area contributed by atoms with E-state index in [-0.39, 0.29) is 5.76 Å². The summed E-state index contributed by atoms with van der Waals surface area (Å²) in [5.74, 6) is 0.0791. The van der Waals surface area contributed by atoms with Gasteiger partial charge >= 0.3 is 5.91 Å². The Morgan fingerprint density at radius 2 is 1.81 bits per heavy atom. The Morgan fingerprint density at radius 1 is 1.09 bits per heavy atom. The lowest BCUT2D eigenvalue weighted by molar-refractivity contribution is 0.0929. The minimum Gasteiger partial charge on any atom is -0.486 e. The van der Waals surface area contributed by atoms with Crippen LogP contribution in [0.4, 0.5) is 0 Å². The number of nitrogens with zero attached hydrogens (tertiary/aromatic N) is 1. The van der Waals surface area contributed by atoms with Crippen LogP contribution in [0.15, 0.2) is 74.7 Å². The first-order valence-corrected chi connectivity index (χ1v) is 11.9. The SMILES string of the molecule is O=C(N/N=C/c1cc(Cl)c(OCc2ccc(I)cc2)c(Cl)c1)c1cc2cc(Br)ccc2o1. The number of rotatable bonds is 6. The number of hydrogen-bond donors (Lipinski definition) is 1. The number of nitrogens with one attached hydrogen (secondary N) is 1. The minimum absolute atomic E-state index is 0.158.